The molecule has 0 saturated heterocycles. The first-order valence-corrected chi connectivity index (χ1v) is 14.0. The second-order valence-corrected chi connectivity index (χ2v) is 10.1. The van der Waals surface area contributed by atoms with Crippen molar-refractivity contribution in [2.75, 3.05) is 51.1 Å². The quantitative estimate of drug-likeness (QED) is 0.166. The minimum absolute atomic E-state index is 0.0590. The number of hydrogen-bond acceptors (Lipinski definition) is 7. The van der Waals surface area contributed by atoms with Crippen LogP contribution in [0.5, 0.6) is 17.2 Å². The van der Waals surface area contributed by atoms with Crippen LogP contribution in [0.15, 0.2) is 66.7 Å². The smallest absolute Gasteiger partial charge is 0.422 e. The molecule has 3 aromatic carbocycles. The van der Waals surface area contributed by atoms with Gasteiger partial charge in [-0.3, -0.25) is 0 Å². The summed E-state index contributed by atoms with van der Waals surface area (Å²) in [6, 6.07) is 22.5. The molecule has 1 heterocycles. The Morgan fingerprint density at radius 2 is 1.71 bits per heavy atom. The van der Waals surface area contributed by atoms with E-state index in [0.29, 0.717) is 18.7 Å². The van der Waals surface area contributed by atoms with Gasteiger partial charge in [0.15, 0.2) is 24.9 Å². The van der Waals surface area contributed by atoms with Crippen LogP contribution < -0.4 is 24.4 Å². The van der Waals surface area contributed by atoms with Crippen LogP contribution in [0.4, 0.5) is 18.9 Å². The molecule has 0 radical (unpaired) electrons. The van der Waals surface area contributed by atoms with Gasteiger partial charge in [-0.15, -0.1) is 0 Å². The summed E-state index contributed by atoms with van der Waals surface area (Å²) >= 11 is 0. The van der Waals surface area contributed by atoms with Crippen LogP contribution >= 0.6 is 0 Å². The lowest BCUT2D eigenvalue weighted by atomic mass is 9.99. The number of para-hydroxylation sites is 3. The average molecular weight is 584 g/mol. The number of rotatable bonds is 16. The van der Waals surface area contributed by atoms with E-state index in [1.54, 1.807) is 18.2 Å². The summed E-state index contributed by atoms with van der Waals surface area (Å²) in [5.41, 5.74) is 3.96. The fourth-order valence-electron chi connectivity index (χ4n) is 4.90. The van der Waals surface area contributed by atoms with Crippen molar-refractivity contribution in [1.29, 1.82) is 5.26 Å². The third kappa shape index (κ3) is 9.57. The number of anilines is 1. The van der Waals surface area contributed by atoms with E-state index >= 15 is 0 Å². The van der Waals surface area contributed by atoms with Crippen LogP contribution in [0.25, 0.3) is 0 Å². The summed E-state index contributed by atoms with van der Waals surface area (Å²) in [7, 11) is 0. The van der Waals surface area contributed by atoms with Gasteiger partial charge in [-0.2, -0.15) is 18.4 Å². The number of nitrogens with zero attached hydrogens (tertiary/aromatic N) is 2. The first-order valence-electron chi connectivity index (χ1n) is 14.0. The number of nitrogens with one attached hydrogen (secondary N) is 1. The molecule has 7 nitrogen and oxygen atoms in total. The molecule has 1 N–H and O–H groups in total. The Hall–Kier alpha value is -3.94. The Morgan fingerprint density at radius 1 is 0.976 bits per heavy atom. The molecule has 0 aromatic heterocycles. The summed E-state index contributed by atoms with van der Waals surface area (Å²) in [5.74, 6) is 1.10. The number of fused-ring (bicyclic) bond motifs is 1. The highest BCUT2D eigenvalue weighted by molar-refractivity contribution is 5.68. The number of alkyl halides is 3. The second-order valence-electron chi connectivity index (χ2n) is 10.1. The molecular formula is C32H36F3N3O4. The van der Waals surface area contributed by atoms with Gasteiger partial charge in [-0.05, 0) is 67.6 Å². The van der Waals surface area contributed by atoms with Gasteiger partial charge in [-0.1, -0.05) is 36.4 Å². The van der Waals surface area contributed by atoms with Gasteiger partial charge in [0.05, 0.1) is 17.9 Å². The zero-order chi connectivity index (χ0) is 29.8. The highest BCUT2D eigenvalue weighted by Crippen LogP contribution is 2.33. The fraction of sp³-hybridized carbons (Fsp3) is 0.406. The van der Waals surface area contributed by atoms with Crippen molar-refractivity contribution in [1.82, 2.24) is 5.32 Å². The van der Waals surface area contributed by atoms with Crippen LogP contribution in [0, 0.1) is 11.3 Å². The Kier molecular flexibility index (Phi) is 11.3. The predicted octanol–water partition coefficient (Wildman–Crippen LogP) is 5.90. The van der Waals surface area contributed by atoms with Gasteiger partial charge in [0.25, 0.3) is 0 Å². The summed E-state index contributed by atoms with van der Waals surface area (Å²) < 4.78 is 59.3. The molecule has 0 saturated carbocycles. The van der Waals surface area contributed by atoms with E-state index < -0.39 is 12.8 Å². The lowest BCUT2D eigenvalue weighted by Crippen LogP contribution is -2.32. The Bertz CT molecular complexity index is 1310. The lowest BCUT2D eigenvalue weighted by Gasteiger charge is -2.21. The molecule has 0 amide bonds. The number of nitriles is 1. The summed E-state index contributed by atoms with van der Waals surface area (Å²) in [6.45, 7) is 3.88. The normalized spacial score (nSPS) is 13.4. The highest BCUT2D eigenvalue weighted by atomic mass is 19.4. The largest absolute Gasteiger partial charge is 0.488 e. The molecule has 0 bridgehead atoms. The maximum absolute atomic E-state index is 12.5. The summed E-state index contributed by atoms with van der Waals surface area (Å²) in [6.07, 6.45) is -1.98. The van der Waals surface area contributed by atoms with Crippen LogP contribution in [-0.2, 0) is 17.6 Å². The molecule has 1 aliphatic rings. The fourth-order valence-corrected chi connectivity index (χ4v) is 4.90. The van der Waals surface area contributed by atoms with Crippen LogP contribution in [0.1, 0.15) is 30.0 Å². The number of benzene rings is 3. The number of hydrogen-bond donors (Lipinski definition) is 1. The monoisotopic (exact) mass is 583 g/mol. The Balaban J connectivity index is 1.20. The van der Waals surface area contributed by atoms with Gasteiger partial charge in [0, 0.05) is 25.7 Å². The Morgan fingerprint density at radius 3 is 2.45 bits per heavy atom. The molecule has 1 aliphatic heterocycles. The summed E-state index contributed by atoms with van der Waals surface area (Å²) in [4.78, 5) is 2.26. The molecule has 42 heavy (non-hydrogen) atoms. The molecule has 0 aliphatic carbocycles. The van der Waals surface area contributed by atoms with Crippen molar-refractivity contribution in [2.24, 2.45) is 0 Å². The van der Waals surface area contributed by atoms with Gasteiger partial charge in [0.2, 0.25) is 0 Å². The Labute approximate surface area is 244 Å². The predicted molar refractivity (Wildman–Crippen MR) is 154 cm³/mol. The minimum atomic E-state index is -4.42. The van der Waals surface area contributed by atoms with Gasteiger partial charge >= 0.3 is 6.18 Å². The molecule has 0 unspecified atom stereocenters. The SMILES string of the molecule is C[C@H](Cc1cc(C#N)c2c(c1)CCN2CCCOCOc1ccccc1)NCCOc1ccccc1OCC(F)(F)F. The van der Waals surface area contributed by atoms with Crippen molar-refractivity contribution in [3.63, 3.8) is 0 Å². The molecular weight excluding hydrogens is 547 g/mol. The standard InChI is InChI=1S/C32H36F3N3O4/c1-24(37-13-17-40-29-10-5-6-11-30(29)41-22-32(33,34)35)18-25-19-26-12-15-38(31(26)27(20-25)21-36)14-7-16-39-23-42-28-8-3-2-4-9-28/h2-6,8-11,19-20,24,37H,7,12-18,22-23H2,1H3/t24-/m1/s1. The second kappa shape index (κ2) is 15.3. The third-order valence-corrected chi connectivity index (χ3v) is 6.74. The zero-order valence-corrected chi connectivity index (χ0v) is 23.7. The van der Waals surface area contributed by atoms with E-state index in [-0.39, 0.29) is 30.9 Å². The summed E-state index contributed by atoms with van der Waals surface area (Å²) in [5, 5.41) is 13.3. The zero-order valence-electron chi connectivity index (χ0n) is 23.7. The van der Waals surface area contributed by atoms with E-state index in [9.17, 15) is 18.4 Å². The topological polar surface area (TPSA) is 76.0 Å². The van der Waals surface area contributed by atoms with Crippen molar-refractivity contribution < 1.29 is 32.1 Å². The number of ether oxygens (including phenoxy) is 4. The van der Waals surface area contributed by atoms with Crippen molar-refractivity contribution >= 4 is 5.69 Å². The number of halogens is 3. The highest BCUT2D eigenvalue weighted by Gasteiger charge is 2.29. The van der Waals surface area contributed by atoms with Gasteiger partial charge < -0.3 is 29.2 Å². The van der Waals surface area contributed by atoms with Crippen LogP contribution in [0.2, 0.25) is 0 Å². The average Bonchev–Trinajstić information content (AvgIpc) is 3.39. The molecule has 3 aromatic rings. The van der Waals surface area contributed by atoms with Crippen molar-refractivity contribution in [3.8, 4) is 23.3 Å². The lowest BCUT2D eigenvalue weighted by molar-refractivity contribution is -0.153. The first kappa shape index (κ1) is 31.0. The van der Waals surface area contributed by atoms with Gasteiger partial charge in [-0.25, -0.2) is 0 Å². The van der Waals surface area contributed by atoms with Crippen LogP contribution in [0.3, 0.4) is 0 Å². The van der Waals surface area contributed by atoms with E-state index in [0.717, 1.165) is 49.4 Å². The molecule has 10 heteroatoms. The van der Waals surface area contributed by atoms with E-state index in [1.165, 1.54) is 11.6 Å². The van der Waals surface area contributed by atoms with E-state index in [1.807, 2.05) is 43.3 Å². The maximum atomic E-state index is 12.5. The van der Waals surface area contributed by atoms with Crippen molar-refractivity contribution in [3.05, 3.63) is 83.4 Å². The molecule has 4 rings (SSSR count). The van der Waals surface area contributed by atoms with Gasteiger partial charge in [0.1, 0.15) is 18.4 Å². The molecule has 1 atom stereocenters. The van der Waals surface area contributed by atoms with Crippen molar-refractivity contribution in [2.45, 2.75) is 38.4 Å². The molecule has 224 valence electrons. The first-order chi connectivity index (χ1) is 20.3. The van der Waals surface area contributed by atoms with E-state index in [2.05, 4.69) is 22.4 Å². The molecule has 0 spiro atoms. The maximum Gasteiger partial charge on any atom is 0.422 e. The van der Waals surface area contributed by atoms with E-state index in [4.69, 9.17) is 18.9 Å². The van der Waals surface area contributed by atoms with Crippen LogP contribution in [-0.4, -0.2) is 58.5 Å². The minimum Gasteiger partial charge on any atom is -0.488 e. The molecule has 0 fully saturated rings. The third-order valence-electron chi connectivity index (χ3n) is 6.74.